The van der Waals surface area contributed by atoms with Crippen LogP contribution in [0.2, 0.25) is 0 Å². The highest BCUT2D eigenvalue weighted by molar-refractivity contribution is 6.01. The number of halogens is 2. The normalized spacial score (nSPS) is 20.2. The van der Waals surface area contributed by atoms with Gasteiger partial charge in [0.15, 0.2) is 16.9 Å². The summed E-state index contributed by atoms with van der Waals surface area (Å²) in [6, 6.07) is 12.4. The highest BCUT2D eigenvalue weighted by atomic mass is 19.1. The van der Waals surface area contributed by atoms with Crippen LogP contribution in [0.4, 0.5) is 8.78 Å². The van der Waals surface area contributed by atoms with Crippen molar-refractivity contribution in [2.75, 3.05) is 6.54 Å². The Morgan fingerprint density at radius 1 is 1.11 bits per heavy atom. The van der Waals surface area contributed by atoms with Crippen molar-refractivity contribution in [3.63, 3.8) is 0 Å². The standard InChI is InChI=1S/C28H23F2N3O5/c1-28(38-16-17-5-3-2-4-6-17)10-9-24(34)23-15-33(28)27(37)22-12-25(35)20(14-32(22)23)26(36)31-13-18-7-8-19(29)11-21(18)30/h2-12,14,23H,13,15-16H2,1H3,(H,31,36). The maximum atomic E-state index is 13.9. The Balaban J connectivity index is 1.42. The number of carbonyl (C=O) groups is 3. The largest absolute Gasteiger partial charge is 0.348 e. The minimum absolute atomic E-state index is 0.0301. The number of benzene rings is 2. The first-order valence-electron chi connectivity index (χ1n) is 11.9. The summed E-state index contributed by atoms with van der Waals surface area (Å²) in [6.07, 6.45) is 4.03. The summed E-state index contributed by atoms with van der Waals surface area (Å²) in [5.41, 5.74) is -1.46. The smallest absolute Gasteiger partial charge is 0.273 e. The number of fused-ring (bicyclic) bond motifs is 4. The van der Waals surface area contributed by atoms with Crippen molar-refractivity contribution in [1.29, 1.82) is 0 Å². The second kappa shape index (κ2) is 9.79. The van der Waals surface area contributed by atoms with Gasteiger partial charge in [0.25, 0.3) is 11.8 Å². The van der Waals surface area contributed by atoms with Gasteiger partial charge in [0.05, 0.1) is 13.2 Å². The number of ketones is 1. The molecule has 5 rings (SSSR count). The van der Waals surface area contributed by atoms with Crippen molar-refractivity contribution < 1.29 is 27.9 Å². The number of hydrogen-bond donors (Lipinski definition) is 1. The molecule has 3 heterocycles. The molecule has 8 nitrogen and oxygen atoms in total. The minimum Gasteiger partial charge on any atom is -0.348 e. The van der Waals surface area contributed by atoms with Crippen LogP contribution in [0.15, 0.2) is 77.7 Å². The number of hydrogen-bond acceptors (Lipinski definition) is 5. The van der Waals surface area contributed by atoms with Gasteiger partial charge in [-0.25, -0.2) is 8.78 Å². The molecule has 194 valence electrons. The minimum atomic E-state index is -1.26. The van der Waals surface area contributed by atoms with Crippen LogP contribution in [0.25, 0.3) is 0 Å². The SMILES string of the molecule is CC1(OCc2ccccc2)C=CC(=O)C2CN1C(=O)c1cc(=O)c(C(=O)NCc3ccc(F)cc3F)cn12. The van der Waals surface area contributed by atoms with Gasteiger partial charge in [-0.2, -0.15) is 0 Å². The lowest BCUT2D eigenvalue weighted by Crippen LogP contribution is -2.55. The third-order valence-electron chi connectivity index (χ3n) is 6.73. The average molecular weight is 520 g/mol. The van der Waals surface area contributed by atoms with Crippen molar-refractivity contribution in [2.24, 2.45) is 0 Å². The Labute approximate surface area is 216 Å². The van der Waals surface area contributed by atoms with Gasteiger partial charge >= 0.3 is 0 Å². The Kier molecular flexibility index (Phi) is 6.50. The average Bonchev–Trinajstić information content (AvgIpc) is 3.01. The van der Waals surface area contributed by atoms with Crippen LogP contribution < -0.4 is 10.7 Å². The molecular weight excluding hydrogens is 496 g/mol. The van der Waals surface area contributed by atoms with Crippen molar-refractivity contribution in [2.45, 2.75) is 31.8 Å². The Hall–Kier alpha value is -4.44. The molecule has 0 aliphatic carbocycles. The zero-order valence-electron chi connectivity index (χ0n) is 20.3. The molecule has 2 atom stereocenters. The maximum Gasteiger partial charge on any atom is 0.273 e. The molecule has 0 spiro atoms. The van der Waals surface area contributed by atoms with E-state index in [-0.39, 0.29) is 42.3 Å². The number of rotatable bonds is 6. The van der Waals surface area contributed by atoms with Gasteiger partial charge in [-0.1, -0.05) is 36.4 Å². The first kappa shape index (κ1) is 25.2. The molecule has 2 aliphatic rings. The first-order valence-corrected chi connectivity index (χ1v) is 11.9. The first-order chi connectivity index (χ1) is 18.2. The predicted octanol–water partition coefficient (Wildman–Crippen LogP) is 3.13. The fraction of sp³-hybridized carbons (Fsp3) is 0.214. The van der Waals surface area contributed by atoms with Crippen molar-refractivity contribution in [1.82, 2.24) is 14.8 Å². The van der Waals surface area contributed by atoms with Crippen LogP contribution in [0.3, 0.4) is 0 Å². The highest BCUT2D eigenvalue weighted by Gasteiger charge is 2.45. The zero-order valence-corrected chi connectivity index (χ0v) is 20.3. The zero-order chi connectivity index (χ0) is 27.0. The van der Waals surface area contributed by atoms with E-state index in [2.05, 4.69) is 5.32 Å². The molecule has 2 unspecified atom stereocenters. The lowest BCUT2D eigenvalue weighted by Gasteiger charge is -2.42. The third-order valence-corrected chi connectivity index (χ3v) is 6.73. The number of pyridine rings is 1. The molecule has 2 aliphatic heterocycles. The van der Waals surface area contributed by atoms with Crippen LogP contribution in [0, 0.1) is 11.6 Å². The second-order valence-electron chi connectivity index (χ2n) is 9.26. The number of nitrogens with zero attached hydrogens (tertiary/aromatic N) is 2. The summed E-state index contributed by atoms with van der Waals surface area (Å²) < 4.78 is 34.5. The Morgan fingerprint density at radius 2 is 1.87 bits per heavy atom. The topological polar surface area (TPSA) is 97.7 Å². The van der Waals surface area contributed by atoms with Gasteiger partial charge in [0.2, 0.25) is 0 Å². The fourth-order valence-corrected chi connectivity index (χ4v) is 4.54. The van der Waals surface area contributed by atoms with E-state index < -0.39 is 40.6 Å². The highest BCUT2D eigenvalue weighted by Crippen LogP contribution is 2.33. The monoisotopic (exact) mass is 519 g/mol. The number of aromatic nitrogens is 1. The van der Waals surface area contributed by atoms with Gasteiger partial charge < -0.3 is 19.5 Å². The molecule has 0 saturated heterocycles. The van der Waals surface area contributed by atoms with Crippen LogP contribution in [-0.2, 0) is 22.7 Å². The quantitative estimate of drug-likeness (QED) is 0.540. The lowest BCUT2D eigenvalue weighted by molar-refractivity contribution is -0.121. The van der Waals surface area contributed by atoms with E-state index in [0.717, 1.165) is 17.7 Å². The van der Waals surface area contributed by atoms with E-state index in [1.807, 2.05) is 30.3 Å². The summed E-state index contributed by atoms with van der Waals surface area (Å²) >= 11 is 0. The van der Waals surface area contributed by atoms with Gasteiger partial charge in [-0.05, 0) is 30.7 Å². The molecule has 3 aromatic rings. The molecule has 10 heteroatoms. The van der Waals surface area contributed by atoms with E-state index >= 15 is 0 Å². The summed E-state index contributed by atoms with van der Waals surface area (Å²) in [4.78, 5) is 53.6. The molecule has 0 radical (unpaired) electrons. The summed E-state index contributed by atoms with van der Waals surface area (Å²) in [5, 5.41) is 2.43. The molecular formula is C28H23F2N3O5. The number of carbonyl (C=O) groups excluding carboxylic acids is 3. The Morgan fingerprint density at radius 3 is 2.61 bits per heavy atom. The molecule has 1 N–H and O–H groups in total. The van der Waals surface area contributed by atoms with E-state index in [9.17, 15) is 28.0 Å². The van der Waals surface area contributed by atoms with Crippen LogP contribution in [0.5, 0.6) is 0 Å². The predicted molar refractivity (Wildman–Crippen MR) is 132 cm³/mol. The van der Waals surface area contributed by atoms with E-state index in [4.69, 9.17) is 4.74 Å². The lowest BCUT2D eigenvalue weighted by atomic mass is 10.1. The maximum absolute atomic E-state index is 13.9. The number of amides is 2. The van der Waals surface area contributed by atoms with Crippen LogP contribution in [0.1, 0.15) is 44.9 Å². The van der Waals surface area contributed by atoms with Crippen molar-refractivity contribution in [3.8, 4) is 0 Å². The number of nitrogens with one attached hydrogen (secondary N) is 1. The summed E-state index contributed by atoms with van der Waals surface area (Å²) in [7, 11) is 0. The molecule has 2 aromatic carbocycles. The molecule has 2 bridgehead atoms. The molecule has 0 fully saturated rings. The molecule has 38 heavy (non-hydrogen) atoms. The van der Waals surface area contributed by atoms with E-state index in [1.165, 1.54) is 33.9 Å². The van der Waals surface area contributed by atoms with E-state index in [1.54, 1.807) is 6.92 Å². The third kappa shape index (κ3) is 4.66. The molecule has 0 saturated carbocycles. The fourth-order valence-electron chi connectivity index (χ4n) is 4.54. The Bertz CT molecular complexity index is 1540. The van der Waals surface area contributed by atoms with E-state index in [0.29, 0.717) is 6.07 Å². The van der Waals surface area contributed by atoms with Gasteiger partial charge in [-0.15, -0.1) is 0 Å². The summed E-state index contributed by atoms with van der Waals surface area (Å²) in [6.45, 7) is 1.53. The molecule has 2 amide bonds. The van der Waals surface area contributed by atoms with Crippen LogP contribution in [-0.4, -0.2) is 39.3 Å². The van der Waals surface area contributed by atoms with Gasteiger partial charge in [-0.3, -0.25) is 19.2 Å². The molecule has 1 aromatic heterocycles. The number of allylic oxidation sites excluding steroid dienone is 1. The van der Waals surface area contributed by atoms with Crippen molar-refractivity contribution >= 4 is 17.6 Å². The number of ether oxygens (including phenoxy) is 1. The summed E-state index contributed by atoms with van der Waals surface area (Å²) in [5.74, 6) is -3.29. The van der Waals surface area contributed by atoms with Gasteiger partial charge in [0, 0.05) is 30.4 Å². The van der Waals surface area contributed by atoms with Crippen LogP contribution >= 0.6 is 0 Å². The van der Waals surface area contributed by atoms with Gasteiger partial charge in [0.1, 0.15) is 28.9 Å². The second-order valence-corrected chi connectivity index (χ2v) is 9.26. The van der Waals surface area contributed by atoms with Crippen molar-refractivity contribution in [3.05, 3.63) is 117 Å².